The maximum Gasteiger partial charge on any atom is 0.227 e. The molecule has 25 heavy (non-hydrogen) atoms. The summed E-state index contributed by atoms with van der Waals surface area (Å²) >= 11 is 0. The highest BCUT2D eigenvalue weighted by Crippen LogP contribution is 2.19. The Morgan fingerprint density at radius 1 is 1.36 bits per heavy atom. The first-order chi connectivity index (χ1) is 11.9. The molecule has 0 aliphatic carbocycles. The van der Waals surface area contributed by atoms with Crippen molar-refractivity contribution in [2.75, 3.05) is 6.54 Å². The fourth-order valence-corrected chi connectivity index (χ4v) is 2.60. The van der Waals surface area contributed by atoms with Crippen LogP contribution in [-0.2, 0) is 11.2 Å². The molecule has 3 N–H and O–H groups in total. The van der Waals surface area contributed by atoms with Crippen LogP contribution >= 0.6 is 0 Å². The smallest absolute Gasteiger partial charge is 0.227 e. The molecule has 0 radical (unpaired) electrons. The standard InChI is InChI=1S/C18H25FN4O2/c1-4-18(5-2,11-20)22-15(24)8-9-16-21-17(23-25-16)13-6-7-14(19)12(3)10-13/h6-7,10H,4-5,8-9,11,20H2,1-3H3,(H,22,24). The number of carbonyl (C=O) groups is 1. The van der Waals surface area contributed by atoms with Crippen LogP contribution in [0.15, 0.2) is 22.7 Å². The number of hydrogen-bond acceptors (Lipinski definition) is 5. The quantitative estimate of drug-likeness (QED) is 0.765. The molecule has 7 heteroatoms. The highest BCUT2D eigenvalue weighted by Gasteiger charge is 2.26. The van der Waals surface area contributed by atoms with Crippen LogP contribution < -0.4 is 11.1 Å². The number of carbonyl (C=O) groups excluding carboxylic acids is 1. The van der Waals surface area contributed by atoms with Crippen molar-refractivity contribution in [2.45, 2.75) is 52.0 Å². The number of rotatable bonds is 8. The molecule has 0 atom stereocenters. The maximum atomic E-state index is 13.3. The van der Waals surface area contributed by atoms with E-state index >= 15 is 0 Å². The van der Waals surface area contributed by atoms with Crippen LogP contribution in [0, 0.1) is 12.7 Å². The summed E-state index contributed by atoms with van der Waals surface area (Å²) < 4.78 is 18.5. The summed E-state index contributed by atoms with van der Waals surface area (Å²) in [5.74, 6) is 0.390. The number of aryl methyl sites for hydroxylation is 2. The summed E-state index contributed by atoms with van der Waals surface area (Å²) in [6, 6.07) is 4.63. The summed E-state index contributed by atoms with van der Waals surface area (Å²) in [4.78, 5) is 16.4. The van der Waals surface area contributed by atoms with Gasteiger partial charge in [0.2, 0.25) is 17.6 Å². The first-order valence-corrected chi connectivity index (χ1v) is 8.53. The third-order valence-corrected chi connectivity index (χ3v) is 4.60. The summed E-state index contributed by atoms with van der Waals surface area (Å²) in [6.07, 6.45) is 2.14. The van der Waals surface area contributed by atoms with E-state index < -0.39 is 0 Å². The molecule has 0 unspecified atom stereocenters. The Labute approximate surface area is 147 Å². The van der Waals surface area contributed by atoms with E-state index in [0.717, 1.165) is 12.8 Å². The minimum Gasteiger partial charge on any atom is -0.349 e. The van der Waals surface area contributed by atoms with Gasteiger partial charge in [-0.05, 0) is 43.5 Å². The number of nitrogens with one attached hydrogen (secondary N) is 1. The molecular formula is C18H25FN4O2. The molecule has 1 heterocycles. The summed E-state index contributed by atoms with van der Waals surface area (Å²) in [6.45, 7) is 6.09. The molecule has 0 bridgehead atoms. The lowest BCUT2D eigenvalue weighted by Gasteiger charge is -2.31. The van der Waals surface area contributed by atoms with E-state index in [2.05, 4.69) is 15.5 Å². The number of hydrogen-bond donors (Lipinski definition) is 2. The second kappa shape index (κ2) is 8.20. The van der Waals surface area contributed by atoms with Gasteiger partial charge >= 0.3 is 0 Å². The number of halogens is 1. The van der Waals surface area contributed by atoms with Crippen LogP contribution in [-0.4, -0.2) is 28.1 Å². The molecule has 6 nitrogen and oxygen atoms in total. The second-order valence-corrected chi connectivity index (χ2v) is 6.22. The Kier molecular flexibility index (Phi) is 6.25. The van der Waals surface area contributed by atoms with Crippen molar-refractivity contribution in [3.63, 3.8) is 0 Å². The van der Waals surface area contributed by atoms with Crippen molar-refractivity contribution in [1.82, 2.24) is 15.5 Å². The largest absolute Gasteiger partial charge is 0.349 e. The number of amides is 1. The number of aromatic nitrogens is 2. The molecule has 0 saturated heterocycles. The molecule has 0 fully saturated rings. The fourth-order valence-electron chi connectivity index (χ4n) is 2.60. The lowest BCUT2D eigenvalue weighted by atomic mass is 9.92. The highest BCUT2D eigenvalue weighted by atomic mass is 19.1. The summed E-state index contributed by atoms with van der Waals surface area (Å²) in [7, 11) is 0. The third kappa shape index (κ3) is 4.63. The van der Waals surface area contributed by atoms with Gasteiger partial charge in [-0.25, -0.2) is 4.39 Å². The van der Waals surface area contributed by atoms with Gasteiger partial charge < -0.3 is 15.6 Å². The van der Waals surface area contributed by atoms with E-state index in [0.29, 0.717) is 35.8 Å². The molecular weight excluding hydrogens is 323 g/mol. The van der Waals surface area contributed by atoms with E-state index in [1.165, 1.54) is 6.07 Å². The van der Waals surface area contributed by atoms with Crippen LogP contribution in [0.25, 0.3) is 11.4 Å². The average molecular weight is 348 g/mol. The van der Waals surface area contributed by atoms with Crippen molar-refractivity contribution in [2.24, 2.45) is 5.73 Å². The lowest BCUT2D eigenvalue weighted by Crippen LogP contribution is -2.52. The van der Waals surface area contributed by atoms with Crippen LogP contribution in [0.3, 0.4) is 0 Å². The van der Waals surface area contributed by atoms with Gasteiger partial charge in [0.05, 0.1) is 5.54 Å². The average Bonchev–Trinajstić information content (AvgIpc) is 3.09. The van der Waals surface area contributed by atoms with Gasteiger partial charge in [0.1, 0.15) is 5.82 Å². The predicted molar refractivity (Wildman–Crippen MR) is 93.3 cm³/mol. The van der Waals surface area contributed by atoms with Gasteiger partial charge in [-0.2, -0.15) is 4.98 Å². The molecule has 0 aliphatic heterocycles. The summed E-state index contributed by atoms with van der Waals surface area (Å²) in [5, 5.41) is 6.90. The van der Waals surface area contributed by atoms with Crippen molar-refractivity contribution in [3.8, 4) is 11.4 Å². The Balaban J connectivity index is 1.97. The van der Waals surface area contributed by atoms with Crippen LogP contribution in [0.1, 0.15) is 44.6 Å². The Bertz CT molecular complexity index is 717. The zero-order valence-electron chi connectivity index (χ0n) is 14.9. The molecule has 0 saturated carbocycles. The van der Waals surface area contributed by atoms with Gasteiger partial charge in [0.25, 0.3) is 0 Å². The van der Waals surface area contributed by atoms with Crippen molar-refractivity contribution >= 4 is 5.91 Å². The number of nitrogens with zero attached hydrogens (tertiary/aromatic N) is 2. The van der Waals surface area contributed by atoms with Gasteiger partial charge in [-0.15, -0.1) is 0 Å². The molecule has 136 valence electrons. The maximum absolute atomic E-state index is 13.3. The van der Waals surface area contributed by atoms with Crippen molar-refractivity contribution < 1.29 is 13.7 Å². The molecule has 2 rings (SSSR count). The Morgan fingerprint density at radius 2 is 2.08 bits per heavy atom. The molecule has 1 aromatic heterocycles. The monoisotopic (exact) mass is 348 g/mol. The van der Waals surface area contributed by atoms with Gasteiger partial charge in [0, 0.05) is 24.9 Å². The van der Waals surface area contributed by atoms with E-state index in [1.807, 2.05) is 13.8 Å². The van der Waals surface area contributed by atoms with Crippen LogP contribution in [0.5, 0.6) is 0 Å². The first kappa shape index (κ1) is 19.1. The Hall–Kier alpha value is -2.28. The van der Waals surface area contributed by atoms with Gasteiger partial charge in [-0.1, -0.05) is 19.0 Å². The number of benzene rings is 1. The van der Waals surface area contributed by atoms with E-state index in [4.69, 9.17) is 10.3 Å². The molecule has 1 aromatic carbocycles. The van der Waals surface area contributed by atoms with E-state index in [-0.39, 0.29) is 23.7 Å². The predicted octanol–water partition coefficient (Wildman–Crippen LogP) is 2.75. The van der Waals surface area contributed by atoms with E-state index in [9.17, 15) is 9.18 Å². The molecule has 0 aliphatic rings. The fraction of sp³-hybridized carbons (Fsp3) is 0.500. The lowest BCUT2D eigenvalue weighted by molar-refractivity contribution is -0.123. The van der Waals surface area contributed by atoms with Crippen molar-refractivity contribution in [1.29, 1.82) is 0 Å². The Morgan fingerprint density at radius 3 is 2.68 bits per heavy atom. The molecule has 1 amide bonds. The molecule has 0 spiro atoms. The third-order valence-electron chi connectivity index (χ3n) is 4.60. The topological polar surface area (TPSA) is 94.0 Å². The normalized spacial score (nSPS) is 11.6. The van der Waals surface area contributed by atoms with Crippen LogP contribution in [0.2, 0.25) is 0 Å². The minimum atomic E-state index is -0.358. The van der Waals surface area contributed by atoms with E-state index in [1.54, 1.807) is 19.1 Å². The summed E-state index contributed by atoms with van der Waals surface area (Å²) in [5.41, 5.74) is 6.63. The molecule has 2 aromatic rings. The van der Waals surface area contributed by atoms with Crippen LogP contribution in [0.4, 0.5) is 4.39 Å². The number of nitrogens with two attached hydrogens (primary N) is 1. The first-order valence-electron chi connectivity index (χ1n) is 8.53. The minimum absolute atomic E-state index is 0.0912. The second-order valence-electron chi connectivity index (χ2n) is 6.22. The highest BCUT2D eigenvalue weighted by molar-refractivity contribution is 5.77. The van der Waals surface area contributed by atoms with Crippen molar-refractivity contribution in [3.05, 3.63) is 35.5 Å². The zero-order chi connectivity index (χ0) is 18.4. The SMILES string of the molecule is CCC(CC)(CN)NC(=O)CCc1nc(-c2ccc(F)c(C)c2)no1. The van der Waals surface area contributed by atoms with Gasteiger partial charge in [-0.3, -0.25) is 4.79 Å². The van der Waals surface area contributed by atoms with Gasteiger partial charge in [0.15, 0.2) is 0 Å². The zero-order valence-corrected chi connectivity index (χ0v) is 14.9.